The monoisotopic (exact) mass is 480 g/mol. The van der Waals surface area contributed by atoms with Gasteiger partial charge in [-0.25, -0.2) is 4.98 Å². The largest absolute Gasteiger partial charge is 0.494 e. The molecule has 1 aliphatic heterocycles. The van der Waals surface area contributed by atoms with E-state index in [1.165, 1.54) is 11.3 Å². The number of carbonyl (C=O) groups is 1. The summed E-state index contributed by atoms with van der Waals surface area (Å²) in [7, 11) is 0. The number of carbonyl (C=O) groups excluding carboxylic acids is 1. The third-order valence-corrected chi connectivity index (χ3v) is 7.03. The molecule has 0 N–H and O–H groups in total. The highest BCUT2D eigenvalue weighted by Gasteiger charge is 2.45. The summed E-state index contributed by atoms with van der Waals surface area (Å²) < 4.78 is 11.7. The van der Waals surface area contributed by atoms with Crippen LogP contribution in [0.25, 0.3) is 11.0 Å². The van der Waals surface area contributed by atoms with Crippen LogP contribution in [0.5, 0.6) is 5.75 Å². The molecule has 0 radical (unpaired) electrons. The number of thiazole rings is 1. The van der Waals surface area contributed by atoms with E-state index in [1.54, 1.807) is 23.1 Å². The van der Waals surface area contributed by atoms with Crippen molar-refractivity contribution in [3.8, 4) is 5.75 Å². The molecule has 168 valence electrons. The predicted molar refractivity (Wildman–Crippen MR) is 130 cm³/mol. The van der Waals surface area contributed by atoms with Gasteiger partial charge in [-0.3, -0.25) is 14.5 Å². The molecule has 3 heterocycles. The maximum Gasteiger partial charge on any atom is 0.297 e. The summed E-state index contributed by atoms with van der Waals surface area (Å²) >= 11 is 7.56. The second-order valence-electron chi connectivity index (χ2n) is 7.95. The van der Waals surface area contributed by atoms with Gasteiger partial charge >= 0.3 is 0 Å². The molecule has 33 heavy (non-hydrogen) atoms. The molecular formula is C25H21ClN2O4S. The Kier molecular flexibility index (Phi) is 5.46. The number of ether oxygens (including phenoxy) is 1. The van der Waals surface area contributed by atoms with Crippen molar-refractivity contribution in [2.75, 3.05) is 11.5 Å². The van der Waals surface area contributed by atoms with Gasteiger partial charge in [-0.2, -0.15) is 0 Å². The minimum Gasteiger partial charge on any atom is -0.494 e. The SMILES string of the molecule is CCCOc1ccc([C@H]2c3c(oc4ccc(Cl)cc4c3=O)C(=O)N2c2nc(C)c(C)s2)cc1. The van der Waals surface area contributed by atoms with E-state index in [-0.39, 0.29) is 17.1 Å². The van der Waals surface area contributed by atoms with Crippen LogP contribution in [0.3, 0.4) is 0 Å². The van der Waals surface area contributed by atoms with Crippen molar-refractivity contribution >= 4 is 44.9 Å². The summed E-state index contributed by atoms with van der Waals surface area (Å²) in [6.45, 7) is 6.52. The third-order valence-electron chi connectivity index (χ3n) is 5.72. The van der Waals surface area contributed by atoms with E-state index in [4.69, 9.17) is 20.8 Å². The van der Waals surface area contributed by atoms with Gasteiger partial charge in [-0.15, -0.1) is 11.3 Å². The lowest BCUT2D eigenvalue weighted by Gasteiger charge is -2.22. The highest BCUT2D eigenvalue weighted by atomic mass is 35.5. The highest BCUT2D eigenvalue weighted by Crippen LogP contribution is 2.43. The Morgan fingerprint density at radius 2 is 1.91 bits per heavy atom. The van der Waals surface area contributed by atoms with Crippen molar-refractivity contribution in [1.82, 2.24) is 4.98 Å². The first-order chi connectivity index (χ1) is 15.9. The van der Waals surface area contributed by atoms with Crippen LogP contribution < -0.4 is 15.1 Å². The number of halogens is 1. The highest BCUT2D eigenvalue weighted by molar-refractivity contribution is 7.15. The van der Waals surface area contributed by atoms with Gasteiger partial charge in [0.05, 0.1) is 29.3 Å². The molecule has 1 aliphatic rings. The van der Waals surface area contributed by atoms with Gasteiger partial charge in [0.2, 0.25) is 5.76 Å². The quantitative estimate of drug-likeness (QED) is 0.347. The fourth-order valence-corrected chi connectivity index (χ4v) is 5.09. The molecule has 0 saturated carbocycles. The average molecular weight is 481 g/mol. The van der Waals surface area contributed by atoms with Gasteiger partial charge in [0.1, 0.15) is 11.3 Å². The number of amides is 1. The number of nitrogens with zero attached hydrogens (tertiary/aromatic N) is 2. The van der Waals surface area contributed by atoms with Crippen molar-refractivity contribution in [3.05, 3.63) is 85.2 Å². The van der Waals surface area contributed by atoms with Crippen LogP contribution in [0, 0.1) is 13.8 Å². The summed E-state index contributed by atoms with van der Waals surface area (Å²) in [5.74, 6) is 0.385. The van der Waals surface area contributed by atoms with Crippen molar-refractivity contribution in [1.29, 1.82) is 0 Å². The summed E-state index contributed by atoms with van der Waals surface area (Å²) in [4.78, 5) is 34.4. The second kappa shape index (κ2) is 8.32. The topological polar surface area (TPSA) is 72.6 Å². The zero-order valence-corrected chi connectivity index (χ0v) is 19.9. The molecular weight excluding hydrogens is 460 g/mol. The molecule has 0 unspecified atom stereocenters. The second-order valence-corrected chi connectivity index (χ2v) is 9.57. The fraction of sp³-hybridized carbons (Fsp3) is 0.240. The number of hydrogen-bond acceptors (Lipinski definition) is 6. The van der Waals surface area contributed by atoms with E-state index in [0.717, 1.165) is 28.3 Å². The lowest BCUT2D eigenvalue weighted by atomic mass is 9.98. The molecule has 5 rings (SSSR count). The molecule has 0 fully saturated rings. The first kappa shape index (κ1) is 21.7. The first-order valence-electron chi connectivity index (χ1n) is 10.7. The molecule has 1 amide bonds. The van der Waals surface area contributed by atoms with Crippen molar-refractivity contribution in [2.45, 2.75) is 33.2 Å². The number of aryl methyl sites for hydroxylation is 2. The van der Waals surface area contributed by atoms with Crippen LogP contribution in [-0.4, -0.2) is 17.5 Å². The summed E-state index contributed by atoms with van der Waals surface area (Å²) in [5, 5.41) is 1.30. The zero-order valence-electron chi connectivity index (χ0n) is 18.3. The van der Waals surface area contributed by atoms with E-state index in [0.29, 0.717) is 33.3 Å². The summed E-state index contributed by atoms with van der Waals surface area (Å²) in [6.07, 6.45) is 0.902. The van der Waals surface area contributed by atoms with Crippen LogP contribution in [0.4, 0.5) is 5.13 Å². The number of aromatic nitrogens is 1. The normalized spacial score (nSPS) is 15.3. The third kappa shape index (κ3) is 3.61. The van der Waals surface area contributed by atoms with E-state index < -0.39 is 6.04 Å². The predicted octanol–water partition coefficient (Wildman–Crippen LogP) is 6.06. The van der Waals surface area contributed by atoms with Gasteiger partial charge in [0.15, 0.2) is 10.6 Å². The number of anilines is 1. The smallest absolute Gasteiger partial charge is 0.297 e. The lowest BCUT2D eigenvalue weighted by Crippen LogP contribution is -2.29. The maximum atomic E-state index is 13.6. The molecule has 0 bridgehead atoms. The van der Waals surface area contributed by atoms with Gasteiger partial charge in [0.25, 0.3) is 5.91 Å². The van der Waals surface area contributed by atoms with E-state index in [2.05, 4.69) is 4.98 Å². The molecule has 0 saturated heterocycles. The minimum atomic E-state index is -0.669. The molecule has 1 atom stereocenters. The molecule has 4 aromatic rings. The minimum absolute atomic E-state index is 0.0386. The maximum absolute atomic E-state index is 13.6. The fourth-order valence-electron chi connectivity index (χ4n) is 3.98. The van der Waals surface area contributed by atoms with Crippen LogP contribution >= 0.6 is 22.9 Å². The van der Waals surface area contributed by atoms with Crippen molar-refractivity contribution in [3.63, 3.8) is 0 Å². The Morgan fingerprint density at radius 1 is 1.15 bits per heavy atom. The van der Waals surface area contributed by atoms with Crippen LogP contribution in [0.15, 0.2) is 51.7 Å². The number of rotatable bonds is 5. The Labute approximate surface area is 199 Å². The molecule has 2 aromatic heterocycles. The number of hydrogen-bond donors (Lipinski definition) is 0. The van der Waals surface area contributed by atoms with E-state index in [9.17, 15) is 9.59 Å². The Morgan fingerprint density at radius 3 is 2.58 bits per heavy atom. The zero-order chi connectivity index (χ0) is 23.3. The van der Waals surface area contributed by atoms with Gasteiger partial charge < -0.3 is 9.15 Å². The molecule has 0 spiro atoms. The molecule has 0 aliphatic carbocycles. The van der Waals surface area contributed by atoms with Gasteiger partial charge in [-0.1, -0.05) is 30.7 Å². The Bertz CT molecular complexity index is 1420. The van der Waals surface area contributed by atoms with Crippen molar-refractivity contribution in [2.24, 2.45) is 0 Å². The van der Waals surface area contributed by atoms with Crippen LogP contribution in [0.1, 0.15) is 51.6 Å². The Hall–Kier alpha value is -3.16. The van der Waals surface area contributed by atoms with Gasteiger partial charge in [0, 0.05) is 9.90 Å². The lowest BCUT2D eigenvalue weighted by molar-refractivity contribution is 0.0971. The average Bonchev–Trinajstić information content (AvgIpc) is 3.29. The van der Waals surface area contributed by atoms with E-state index in [1.807, 2.05) is 45.0 Å². The number of fused-ring (bicyclic) bond motifs is 2. The van der Waals surface area contributed by atoms with Crippen LogP contribution in [-0.2, 0) is 0 Å². The first-order valence-corrected chi connectivity index (χ1v) is 11.8. The molecule has 8 heteroatoms. The van der Waals surface area contributed by atoms with Gasteiger partial charge in [-0.05, 0) is 56.2 Å². The standard InChI is InChI=1S/C25H21ClN2O4S/c1-4-11-31-17-8-5-15(6-9-17)21-20-22(29)18-12-16(26)7-10-19(18)32-23(20)24(30)28(21)25-27-13(2)14(3)33-25/h5-10,12,21H,4,11H2,1-3H3/t21-/m0/s1. The molecule has 6 nitrogen and oxygen atoms in total. The van der Waals surface area contributed by atoms with E-state index >= 15 is 0 Å². The van der Waals surface area contributed by atoms with Crippen LogP contribution in [0.2, 0.25) is 5.02 Å². The number of benzene rings is 2. The summed E-state index contributed by atoms with van der Waals surface area (Å²) in [6, 6.07) is 11.6. The molecule has 2 aromatic carbocycles. The summed E-state index contributed by atoms with van der Waals surface area (Å²) in [5.41, 5.74) is 1.96. The Balaban J connectivity index is 1.72. The van der Waals surface area contributed by atoms with Crippen molar-refractivity contribution < 1.29 is 13.9 Å².